The highest BCUT2D eigenvalue weighted by Crippen LogP contribution is 2.22. The van der Waals surface area contributed by atoms with Crippen molar-refractivity contribution in [3.8, 4) is 5.75 Å². The Hall–Kier alpha value is -3.87. The standard InChI is InChI=1S/C26H28N2O5/c1-18-6-4-5-7-23(18)26(31)27-13-12-25(30)33-17-24(29)28(2)16-19-8-9-21-15-22(32-3)11-10-20(21)14-19/h4-11,14-15H,12-13,16-17H2,1-3H3,(H,27,31). The Morgan fingerprint density at radius 3 is 2.45 bits per heavy atom. The largest absolute Gasteiger partial charge is 0.497 e. The molecular weight excluding hydrogens is 420 g/mol. The summed E-state index contributed by atoms with van der Waals surface area (Å²) in [5.41, 5.74) is 2.39. The number of hydrogen-bond acceptors (Lipinski definition) is 5. The van der Waals surface area contributed by atoms with Gasteiger partial charge in [-0.3, -0.25) is 14.4 Å². The van der Waals surface area contributed by atoms with Crippen molar-refractivity contribution in [2.75, 3.05) is 27.3 Å². The normalized spacial score (nSPS) is 10.5. The number of esters is 1. The molecule has 0 spiro atoms. The number of amides is 2. The van der Waals surface area contributed by atoms with Crippen LogP contribution in [0.1, 0.15) is 27.9 Å². The fourth-order valence-electron chi connectivity index (χ4n) is 3.39. The van der Waals surface area contributed by atoms with Crippen LogP contribution in [0.25, 0.3) is 10.8 Å². The predicted molar refractivity (Wildman–Crippen MR) is 126 cm³/mol. The summed E-state index contributed by atoms with van der Waals surface area (Å²) in [6, 6.07) is 19.0. The monoisotopic (exact) mass is 448 g/mol. The van der Waals surface area contributed by atoms with Crippen molar-refractivity contribution in [2.24, 2.45) is 0 Å². The van der Waals surface area contributed by atoms with E-state index in [-0.39, 0.29) is 31.4 Å². The minimum absolute atomic E-state index is 0.0112. The van der Waals surface area contributed by atoms with Crippen LogP contribution in [0.3, 0.4) is 0 Å². The van der Waals surface area contributed by atoms with Gasteiger partial charge in [0, 0.05) is 25.7 Å². The summed E-state index contributed by atoms with van der Waals surface area (Å²) < 4.78 is 10.3. The van der Waals surface area contributed by atoms with Crippen LogP contribution >= 0.6 is 0 Å². The summed E-state index contributed by atoms with van der Waals surface area (Å²) in [4.78, 5) is 38.0. The second-order valence-corrected chi connectivity index (χ2v) is 7.78. The van der Waals surface area contributed by atoms with Crippen LogP contribution in [-0.2, 0) is 20.9 Å². The van der Waals surface area contributed by atoms with Crippen molar-refractivity contribution in [3.05, 3.63) is 77.4 Å². The molecule has 7 nitrogen and oxygen atoms in total. The van der Waals surface area contributed by atoms with E-state index in [4.69, 9.17) is 9.47 Å². The minimum Gasteiger partial charge on any atom is -0.497 e. The van der Waals surface area contributed by atoms with Gasteiger partial charge >= 0.3 is 5.97 Å². The number of rotatable bonds is 9. The van der Waals surface area contributed by atoms with Gasteiger partial charge in [-0.25, -0.2) is 0 Å². The SMILES string of the molecule is COc1ccc2cc(CN(C)C(=O)COC(=O)CCNC(=O)c3ccccc3C)ccc2c1. The van der Waals surface area contributed by atoms with E-state index in [2.05, 4.69) is 5.32 Å². The number of likely N-dealkylation sites (N-methyl/N-ethyl adjacent to an activating group) is 1. The Balaban J connectivity index is 1.42. The summed E-state index contributed by atoms with van der Waals surface area (Å²) >= 11 is 0. The minimum atomic E-state index is -0.540. The van der Waals surface area contributed by atoms with E-state index in [1.165, 1.54) is 4.90 Å². The third-order valence-electron chi connectivity index (χ3n) is 5.32. The molecule has 172 valence electrons. The van der Waals surface area contributed by atoms with Crippen molar-refractivity contribution >= 4 is 28.6 Å². The highest BCUT2D eigenvalue weighted by atomic mass is 16.5. The van der Waals surface area contributed by atoms with Gasteiger partial charge in [0.05, 0.1) is 13.5 Å². The molecule has 0 heterocycles. The molecular formula is C26H28N2O5. The van der Waals surface area contributed by atoms with E-state index in [1.54, 1.807) is 26.3 Å². The van der Waals surface area contributed by atoms with Gasteiger partial charge in [-0.1, -0.05) is 36.4 Å². The number of methoxy groups -OCH3 is 1. The molecule has 0 fully saturated rings. The molecule has 33 heavy (non-hydrogen) atoms. The average Bonchev–Trinajstić information content (AvgIpc) is 2.82. The number of fused-ring (bicyclic) bond motifs is 1. The molecule has 0 atom stereocenters. The molecule has 0 saturated carbocycles. The van der Waals surface area contributed by atoms with E-state index < -0.39 is 5.97 Å². The molecule has 0 aliphatic rings. The lowest BCUT2D eigenvalue weighted by molar-refractivity contribution is -0.151. The maximum absolute atomic E-state index is 12.4. The van der Waals surface area contributed by atoms with E-state index in [0.717, 1.165) is 27.6 Å². The first-order valence-electron chi connectivity index (χ1n) is 10.7. The number of carbonyl (C=O) groups excluding carboxylic acids is 3. The lowest BCUT2D eigenvalue weighted by atomic mass is 10.1. The van der Waals surface area contributed by atoms with Gasteiger partial charge in [0.1, 0.15) is 5.75 Å². The topological polar surface area (TPSA) is 84.9 Å². The van der Waals surface area contributed by atoms with Crippen LogP contribution in [0.4, 0.5) is 0 Å². The first kappa shape index (κ1) is 23.8. The first-order valence-corrected chi connectivity index (χ1v) is 10.7. The Labute approximate surface area is 193 Å². The first-order chi connectivity index (χ1) is 15.9. The molecule has 0 unspecified atom stereocenters. The molecule has 3 rings (SSSR count). The van der Waals surface area contributed by atoms with Gasteiger partial charge < -0.3 is 19.7 Å². The Morgan fingerprint density at radius 1 is 0.970 bits per heavy atom. The van der Waals surface area contributed by atoms with Crippen molar-refractivity contribution in [1.29, 1.82) is 0 Å². The van der Waals surface area contributed by atoms with Crippen molar-refractivity contribution in [2.45, 2.75) is 19.9 Å². The fourth-order valence-corrected chi connectivity index (χ4v) is 3.39. The van der Waals surface area contributed by atoms with Crippen LogP contribution in [0, 0.1) is 6.92 Å². The van der Waals surface area contributed by atoms with Crippen LogP contribution in [0.15, 0.2) is 60.7 Å². The second kappa shape index (κ2) is 11.1. The van der Waals surface area contributed by atoms with Gasteiger partial charge in [-0.2, -0.15) is 0 Å². The molecule has 0 bridgehead atoms. The molecule has 0 saturated heterocycles. The van der Waals surface area contributed by atoms with Crippen molar-refractivity contribution in [3.63, 3.8) is 0 Å². The van der Waals surface area contributed by atoms with Gasteiger partial charge in [0.2, 0.25) is 0 Å². The Kier molecular flexibility index (Phi) is 8.02. The van der Waals surface area contributed by atoms with Crippen molar-refractivity contribution in [1.82, 2.24) is 10.2 Å². The number of ether oxygens (including phenoxy) is 2. The lowest BCUT2D eigenvalue weighted by Gasteiger charge is -2.17. The number of hydrogen-bond donors (Lipinski definition) is 1. The summed E-state index contributed by atoms with van der Waals surface area (Å²) in [6.07, 6.45) is -0.0112. The number of carbonyl (C=O) groups is 3. The summed E-state index contributed by atoms with van der Waals surface area (Å²) in [7, 11) is 3.29. The summed E-state index contributed by atoms with van der Waals surface area (Å²) in [5, 5.41) is 4.79. The van der Waals surface area contributed by atoms with E-state index in [0.29, 0.717) is 12.1 Å². The van der Waals surface area contributed by atoms with Gasteiger partial charge in [-0.05, 0) is 53.1 Å². The molecule has 3 aromatic carbocycles. The number of aryl methyl sites for hydroxylation is 1. The van der Waals surface area contributed by atoms with Crippen LogP contribution in [0.2, 0.25) is 0 Å². The van der Waals surface area contributed by atoms with E-state index in [1.807, 2.05) is 55.5 Å². The smallest absolute Gasteiger partial charge is 0.308 e. The number of nitrogens with zero attached hydrogens (tertiary/aromatic N) is 1. The van der Waals surface area contributed by atoms with Crippen LogP contribution in [-0.4, -0.2) is 50.0 Å². The second-order valence-electron chi connectivity index (χ2n) is 7.78. The van der Waals surface area contributed by atoms with E-state index in [9.17, 15) is 14.4 Å². The number of benzene rings is 3. The third kappa shape index (κ3) is 6.55. The quantitative estimate of drug-likeness (QED) is 0.507. The zero-order chi connectivity index (χ0) is 23.8. The highest BCUT2D eigenvalue weighted by molar-refractivity contribution is 5.95. The zero-order valence-corrected chi connectivity index (χ0v) is 19.1. The Morgan fingerprint density at radius 2 is 1.70 bits per heavy atom. The van der Waals surface area contributed by atoms with Gasteiger partial charge in [-0.15, -0.1) is 0 Å². The molecule has 1 N–H and O–H groups in total. The maximum atomic E-state index is 12.4. The number of nitrogens with one attached hydrogen (secondary N) is 1. The van der Waals surface area contributed by atoms with E-state index >= 15 is 0 Å². The van der Waals surface area contributed by atoms with Crippen molar-refractivity contribution < 1.29 is 23.9 Å². The third-order valence-corrected chi connectivity index (χ3v) is 5.32. The molecule has 0 radical (unpaired) electrons. The highest BCUT2D eigenvalue weighted by Gasteiger charge is 2.14. The maximum Gasteiger partial charge on any atom is 0.308 e. The molecule has 7 heteroatoms. The van der Waals surface area contributed by atoms with Crippen LogP contribution < -0.4 is 10.1 Å². The average molecular weight is 449 g/mol. The predicted octanol–water partition coefficient (Wildman–Crippen LogP) is 3.48. The zero-order valence-electron chi connectivity index (χ0n) is 19.1. The van der Waals surface area contributed by atoms with Gasteiger partial charge in [0.25, 0.3) is 11.8 Å². The molecule has 2 amide bonds. The summed E-state index contributed by atoms with van der Waals surface area (Å²) in [6.45, 7) is 2.04. The molecule has 3 aromatic rings. The van der Waals surface area contributed by atoms with Gasteiger partial charge in [0.15, 0.2) is 6.61 Å². The molecule has 0 aliphatic heterocycles. The van der Waals surface area contributed by atoms with Crippen LogP contribution in [0.5, 0.6) is 5.75 Å². The summed E-state index contributed by atoms with van der Waals surface area (Å²) in [5.74, 6) is -0.298. The lowest BCUT2D eigenvalue weighted by Crippen LogP contribution is -2.32. The molecule has 0 aromatic heterocycles. The molecule has 0 aliphatic carbocycles. The Bertz CT molecular complexity index is 1160. The fraction of sp³-hybridized carbons (Fsp3) is 0.269.